The third kappa shape index (κ3) is 3.79. The van der Waals surface area contributed by atoms with Gasteiger partial charge in [-0.3, -0.25) is 0 Å². The molecule has 2 atom stereocenters. The van der Waals surface area contributed by atoms with Gasteiger partial charge in [0.05, 0.1) is 0 Å². The van der Waals surface area contributed by atoms with Crippen molar-refractivity contribution in [1.29, 1.82) is 0 Å². The zero-order valence-corrected chi connectivity index (χ0v) is 5.72. The van der Waals surface area contributed by atoms with Crippen molar-refractivity contribution in [3.8, 4) is 11.8 Å². The lowest BCUT2D eigenvalue weighted by Gasteiger charge is -1.94. The molecule has 0 fully saturated rings. The van der Waals surface area contributed by atoms with Gasteiger partial charge in [-0.05, 0) is 13.8 Å². The van der Waals surface area contributed by atoms with Gasteiger partial charge in [-0.2, -0.15) is 0 Å². The maximum Gasteiger partial charge on any atom is 0.118 e. The zero-order chi connectivity index (χ0) is 5.70. The summed E-state index contributed by atoms with van der Waals surface area (Å²) in [7, 11) is 2.17. The number of hydrogen-bond acceptors (Lipinski definition) is 1. The second kappa shape index (κ2) is 4.12. The highest BCUT2D eigenvalue weighted by Crippen LogP contribution is 1.92. The summed E-state index contributed by atoms with van der Waals surface area (Å²) >= 11 is 0. The van der Waals surface area contributed by atoms with Gasteiger partial charge in [0.1, 0.15) is 6.10 Å². The molecule has 0 bridgehead atoms. The second-order valence-electron chi connectivity index (χ2n) is 1.17. The van der Waals surface area contributed by atoms with Crippen molar-refractivity contribution in [2.75, 3.05) is 0 Å². The Morgan fingerprint density at radius 3 is 2.43 bits per heavy atom. The lowest BCUT2D eigenvalue weighted by Crippen LogP contribution is -1.93. The Kier molecular flexibility index (Phi) is 4.09. The van der Waals surface area contributed by atoms with Crippen molar-refractivity contribution >= 4 is 9.47 Å². The van der Waals surface area contributed by atoms with Gasteiger partial charge in [0.2, 0.25) is 0 Å². The smallest absolute Gasteiger partial charge is 0.118 e. The van der Waals surface area contributed by atoms with Crippen LogP contribution in [0, 0.1) is 11.8 Å². The second-order valence-corrected chi connectivity index (χ2v) is 1.44. The highest BCUT2D eigenvalue weighted by atomic mass is 31.0. The molecular formula is C5H9OP. The molecular weight excluding hydrogens is 107 g/mol. The molecule has 0 amide bonds. The Hall–Kier alpha value is -0.0500. The minimum Gasteiger partial charge on any atom is -0.350 e. The van der Waals surface area contributed by atoms with Crippen molar-refractivity contribution in [3.63, 3.8) is 0 Å². The van der Waals surface area contributed by atoms with Gasteiger partial charge in [0, 0.05) is 9.47 Å². The van der Waals surface area contributed by atoms with E-state index in [1.54, 1.807) is 6.92 Å². The lowest BCUT2D eigenvalue weighted by molar-refractivity contribution is 0.329. The van der Waals surface area contributed by atoms with Crippen LogP contribution in [-0.4, -0.2) is 6.10 Å². The van der Waals surface area contributed by atoms with Crippen LogP contribution in [0.2, 0.25) is 0 Å². The van der Waals surface area contributed by atoms with Crippen LogP contribution < -0.4 is 0 Å². The molecule has 40 valence electrons. The zero-order valence-electron chi connectivity index (χ0n) is 4.56. The molecule has 0 aromatic rings. The molecule has 0 N–H and O–H groups in total. The van der Waals surface area contributed by atoms with Gasteiger partial charge < -0.3 is 4.52 Å². The first-order valence-corrected chi connectivity index (χ1v) is 2.56. The monoisotopic (exact) mass is 116 g/mol. The Balaban J connectivity index is 3.29. The van der Waals surface area contributed by atoms with Crippen molar-refractivity contribution < 1.29 is 4.52 Å². The average molecular weight is 116 g/mol. The summed E-state index contributed by atoms with van der Waals surface area (Å²) in [6, 6.07) is 0. The maximum absolute atomic E-state index is 4.73. The fourth-order valence-corrected chi connectivity index (χ4v) is 0.305. The molecule has 0 aliphatic heterocycles. The fourth-order valence-electron chi connectivity index (χ4n) is 0.237. The largest absolute Gasteiger partial charge is 0.350 e. The first kappa shape index (κ1) is 6.95. The Morgan fingerprint density at radius 2 is 2.29 bits per heavy atom. The van der Waals surface area contributed by atoms with E-state index >= 15 is 0 Å². The molecule has 2 heteroatoms. The van der Waals surface area contributed by atoms with E-state index in [-0.39, 0.29) is 6.10 Å². The normalized spacial score (nSPS) is 11.9. The van der Waals surface area contributed by atoms with Crippen molar-refractivity contribution in [3.05, 3.63) is 0 Å². The van der Waals surface area contributed by atoms with Crippen LogP contribution >= 0.6 is 9.47 Å². The summed E-state index contributed by atoms with van der Waals surface area (Å²) < 4.78 is 4.73. The van der Waals surface area contributed by atoms with E-state index < -0.39 is 0 Å². The van der Waals surface area contributed by atoms with Gasteiger partial charge >= 0.3 is 0 Å². The van der Waals surface area contributed by atoms with Crippen molar-refractivity contribution in [1.82, 2.24) is 0 Å². The molecule has 7 heavy (non-hydrogen) atoms. The van der Waals surface area contributed by atoms with Gasteiger partial charge in [-0.1, -0.05) is 5.92 Å². The molecule has 0 heterocycles. The summed E-state index contributed by atoms with van der Waals surface area (Å²) in [5.74, 6) is 5.53. The summed E-state index contributed by atoms with van der Waals surface area (Å²) in [5, 5.41) is 0. The molecule has 1 nitrogen and oxygen atoms in total. The highest BCUT2D eigenvalue weighted by Gasteiger charge is 1.85. The average Bonchev–Trinajstić information content (AvgIpc) is 1.68. The summed E-state index contributed by atoms with van der Waals surface area (Å²) in [5.41, 5.74) is 0. The minimum absolute atomic E-state index is 0.0509. The van der Waals surface area contributed by atoms with Crippen LogP contribution in [0.1, 0.15) is 13.8 Å². The summed E-state index contributed by atoms with van der Waals surface area (Å²) in [6.45, 7) is 3.68. The van der Waals surface area contributed by atoms with Crippen LogP contribution in [0.5, 0.6) is 0 Å². The first-order chi connectivity index (χ1) is 3.31. The fraction of sp³-hybridized carbons (Fsp3) is 0.600. The van der Waals surface area contributed by atoms with Crippen LogP contribution in [0.25, 0.3) is 0 Å². The predicted octanol–water partition coefficient (Wildman–Crippen LogP) is 1.20. The SMILES string of the molecule is CC#C[C@@H](C)OP. The number of rotatable bonds is 1. The number of hydrogen-bond donors (Lipinski definition) is 0. The Labute approximate surface area is 46.7 Å². The van der Waals surface area contributed by atoms with Gasteiger partial charge in [-0.15, -0.1) is 5.92 Å². The van der Waals surface area contributed by atoms with Crippen molar-refractivity contribution in [2.24, 2.45) is 0 Å². The summed E-state index contributed by atoms with van der Waals surface area (Å²) in [6.07, 6.45) is 0.0509. The highest BCUT2D eigenvalue weighted by molar-refractivity contribution is 7.09. The van der Waals surface area contributed by atoms with E-state index in [4.69, 9.17) is 4.52 Å². The topological polar surface area (TPSA) is 9.23 Å². The quantitative estimate of drug-likeness (QED) is 0.369. The van der Waals surface area contributed by atoms with E-state index in [9.17, 15) is 0 Å². The van der Waals surface area contributed by atoms with Gasteiger partial charge in [0.15, 0.2) is 0 Å². The molecule has 0 radical (unpaired) electrons. The van der Waals surface area contributed by atoms with Crippen LogP contribution in [0.15, 0.2) is 0 Å². The Bertz CT molecular complexity index is 90.0. The van der Waals surface area contributed by atoms with E-state index in [1.165, 1.54) is 0 Å². The first-order valence-electron chi connectivity index (χ1n) is 2.09. The van der Waals surface area contributed by atoms with Crippen LogP contribution in [-0.2, 0) is 4.52 Å². The molecule has 1 unspecified atom stereocenters. The molecule has 0 saturated heterocycles. The van der Waals surface area contributed by atoms with E-state index in [0.717, 1.165) is 0 Å². The van der Waals surface area contributed by atoms with Crippen molar-refractivity contribution in [2.45, 2.75) is 20.0 Å². The lowest BCUT2D eigenvalue weighted by atomic mass is 10.4. The molecule has 0 aliphatic rings. The molecule has 0 aromatic heterocycles. The van der Waals surface area contributed by atoms with Gasteiger partial charge in [0.25, 0.3) is 0 Å². The molecule has 0 rings (SSSR count). The van der Waals surface area contributed by atoms with Crippen LogP contribution in [0.3, 0.4) is 0 Å². The maximum atomic E-state index is 4.73. The van der Waals surface area contributed by atoms with Gasteiger partial charge in [-0.25, -0.2) is 0 Å². The van der Waals surface area contributed by atoms with E-state index in [0.29, 0.717) is 0 Å². The van der Waals surface area contributed by atoms with Crippen LogP contribution in [0.4, 0.5) is 0 Å². The van der Waals surface area contributed by atoms with E-state index in [2.05, 4.69) is 21.3 Å². The third-order valence-corrected chi connectivity index (χ3v) is 0.960. The third-order valence-electron chi connectivity index (χ3n) is 0.552. The molecule has 0 spiro atoms. The Morgan fingerprint density at radius 1 is 1.71 bits per heavy atom. The predicted molar refractivity (Wildman–Crippen MR) is 33.7 cm³/mol. The standard InChI is InChI=1S/C5H9OP/c1-3-4-5(2)6-7/h5H,7H2,1-2H3/t5-/m1/s1. The molecule has 0 saturated carbocycles. The summed E-state index contributed by atoms with van der Waals surface area (Å²) in [4.78, 5) is 0. The molecule has 0 aliphatic carbocycles. The minimum atomic E-state index is 0.0509. The van der Waals surface area contributed by atoms with E-state index in [1.807, 2.05) is 6.92 Å². The molecule has 0 aromatic carbocycles.